The maximum absolute atomic E-state index is 5.82. The zero-order chi connectivity index (χ0) is 18.8. The van der Waals surface area contributed by atoms with Crippen molar-refractivity contribution in [1.29, 1.82) is 0 Å². The molecule has 1 atom stereocenters. The standard InChI is InChI=1S/C26H26O/c1-16-20-15-19-12-13-26(3,4)25(19)24(18-9-6-5-7-10-18)23(20)17(2)22(16)21-11-8-14-27-21/h5-11,14-16H,12-13H2,1-4H3. The monoisotopic (exact) mass is 354 g/mol. The molecule has 1 heteroatoms. The third-order valence-corrected chi connectivity index (χ3v) is 6.66. The summed E-state index contributed by atoms with van der Waals surface area (Å²) in [6, 6.07) is 17.6. The second-order valence-electron chi connectivity index (χ2n) is 8.74. The van der Waals surface area contributed by atoms with Crippen LogP contribution < -0.4 is 0 Å². The number of hydrogen-bond donors (Lipinski definition) is 0. The summed E-state index contributed by atoms with van der Waals surface area (Å²) in [5.41, 5.74) is 11.7. The lowest BCUT2D eigenvalue weighted by Crippen LogP contribution is -2.14. The highest BCUT2D eigenvalue weighted by atomic mass is 16.3. The third-order valence-electron chi connectivity index (χ3n) is 6.66. The molecule has 2 aliphatic rings. The summed E-state index contributed by atoms with van der Waals surface area (Å²) in [6.45, 7) is 9.42. The predicted molar refractivity (Wildman–Crippen MR) is 113 cm³/mol. The van der Waals surface area contributed by atoms with Gasteiger partial charge in [-0.05, 0) is 76.3 Å². The van der Waals surface area contributed by atoms with Gasteiger partial charge < -0.3 is 4.42 Å². The molecule has 0 N–H and O–H groups in total. The van der Waals surface area contributed by atoms with Crippen molar-refractivity contribution in [3.05, 3.63) is 82.8 Å². The number of furan rings is 1. The van der Waals surface area contributed by atoms with E-state index >= 15 is 0 Å². The van der Waals surface area contributed by atoms with Gasteiger partial charge in [0.15, 0.2) is 0 Å². The van der Waals surface area contributed by atoms with Gasteiger partial charge in [-0.15, -0.1) is 0 Å². The first-order chi connectivity index (χ1) is 13.0. The molecule has 2 aliphatic carbocycles. The van der Waals surface area contributed by atoms with Crippen LogP contribution in [0.2, 0.25) is 0 Å². The average molecular weight is 354 g/mol. The molecule has 0 saturated heterocycles. The Kier molecular flexibility index (Phi) is 3.53. The zero-order valence-electron chi connectivity index (χ0n) is 16.6. The lowest BCUT2D eigenvalue weighted by molar-refractivity contribution is 0.523. The normalized spacial score (nSPS) is 20.1. The van der Waals surface area contributed by atoms with Crippen LogP contribution in [-0.2, 0) is 11.8 Å². The minimum Gasteiger partial charge on any atom is -0.465 e. The number of fused-ring (bicyclic) bond motifs is 2. The fourth-order valence-electron chi connectivity index (χ4n) is 5.39. The third kappa shape index (κ3) is 2.31. The lowest BCUT2D eigenvalue weighted by atomic mass is 9.78. The van der Waals surface area contributed by atoms with E-state index in [-0.39, 0.29) is 5.41 Å². The largest absolute Gasteiger partial charge is 0.465 e. The number of benzene rings is 2. The summed E-state index contributed by atoms with van der Waals surface area (Å²) in [7, 11) is 0. The van der Waals surface area contributed by atoms with Gasteiger partial charge in [0.25, 0.3) is 0 Å². The summed E-state index contributed by atoms with van der Waals surface area (Å²) < 4.78 is 5.82. The van der Waals surface area contributed by atoms with Gasteiger partial charge in [0, 0.05) is 11.5 Å². The Labute approximate surface area is 161 Å². The summed E-state index contributed by atoms with van der Waals surface area (Å²) in [5.74, 6) is 1.37. The van der Waals surface area contributed by atoms with Gasteiger partial charge in [-0.3, -0.25) is 0 Å². The van der Waals surface area contributed by atoms with Crippen molar-refractivity contribution >= 4 is 11.1 Å². The van der Waals surface area contributed by atoms with Gasteiger partial charge in [0.1, 0.15) is 5.76 Å². The second-order valence-corrected chi connectivity index (χ2v) is 8.74. The highest BCUT2D eigenvalue weighted by Gasteiger charge is 2.39. The van der Waals surface area contributed by atoms with Gasteiger partial charge in [-0.1, -0.05) is 57.2 Å². The van der Waals surface area contributed by atoms with Crippen LogP contribution in [0.15, 0.2) is 59.2 Å². The van der Waals surface area contributed by atoms with E-state index in [0.29, 0.717) is 5.92 Å². The Morgan fingerprint density at radius 3 is 2.48 bits per heavy atom. The smallest absolute Gasteiger partial charge is 0.130 e. The predicted octanol–water partition coefficient (Wildman–Crippen LogP) is 7.22. The summed E-state index contributed by atoms with van der Waals surface area (Å²) in [4.78, 5) is 0. The molecule has 1 nitrogen and oxygen atoms in total. The van der Waals surface area contributed by atoms with Crippen molar-refractivity contribution in [1.82, 2.24) is 0 Å². The molecule has 1 aromatic heterocycles. The minimum absolute atomic E-state index is 0.215. The molecule has 136 valence electrons. The van der Waals surface area contributed by atoms with Crippen LogP contribution in [0.1, 0.15) is 68.0 Å². The highest BCUT2D eigenvalue weighted by molar-refractivity contribution is 6.03. The molecule has 0 bridgehead atoms. The van der Waals surface area contributed by atoms with Gasteiger partial charge in [-0.25, -0.2) is 0 Å². The number of rotatable bonds is 2. The van der Waals surface area contributed by atoms with E-state index in [1.165, 1.54) is 51.8 Å². The SMILES string of the molecule is CC1=C(c2ccco2)C(C)c2cc3c(c(-c4ccccc4)c21)C(C)(C)CC3. The first-order valence-corrected chi connectivity index (χ1v) is 10.00. The van der Waals surface area contributed by atoms with Crippen molar-refractivity contribution in [3.63, 3.8) is 0 Å². The number of allylic oxidation sites excluding steroid dienone is 2. The van der Waals surface area contributed by atoms with Crippen LogP contribution in [0, 0.1) is 0 Å². The van der Waals surface area contributed by atoms with Crippen LogP contribution in [0.4, 0.5) is 0 Å². The molecule has 3 aromatic rings. The van der Waals surface area contributed by atoms with Crippen molar-refractivity contribution in [3.8, 4) is 11.1 Å². The number of hydrogen-bond acceptors (Lipinski definition) is 1. The fourth-order valence-corrected chi connectivity index (χ4v) is 5.39. The van der Waals surface area contributed by atoms with E-state index < -0.39 is 0 Å². The molecule has 0 aliphatic heterocycles. The maximum atomic E-state index is 5.82. The fraction of sp³-hybridized carbons (Fsp3) is 0.308. The molecule has 0 spiro atoms. The highest BCUT2D eigenvalue weighted by Crippen LogP contribution is 2.55. The Balaban J connectivity index is 1.87. The lowest BCUT2D eigenvalue weighted by Gasteiger charge is -2.26. The summed E-state index contributed by atoms with van der Waals surface area (Å²) in [6.07, 6.45) is 4.19. The molecular formula is C26H26O. The molecule has 0 radical (unpaired) electrons. The molecule has 1 unspecified atom stereocenters. The van der Waals surface area contributed by atoms with Crippen molar-refractivity contribution in [2.24, 2.45) is 0 Å². The van der Waals surface area contributed by atoms with E-state index in [4.69, 9.17) is 4.42 Å². The maximum Gasteiger partial charge on any atom is 0.130 e. The van der Waals surface area contributed by atoms with Crippen molar-refractivity contribution < 1.29 is 4.42 Å². The molecule has 0 fully saturated rings. The molecule has 5 rings (SSSR count). The van der Waals surface area contributed by atoms with E-state index in [1.807, 2.05) is 6.07 Å². The molecule has 0 saturated carbocycles. The molecule has 1 heterocycles. The summed E-state index contributed by atoms with van der Waals surface area (Å²) in [5, 5.41) is 0. The second kappa shape index (κ2) is 5.73. The topological polar surface area (TPSA) is 13.1 Å². The van der Waals surface area contributed by atoms with E-state index in [2.05, 4.69) is 70.2 Å². The summed E-state index contributed by atoms with van der Waals surface area (Å²) >= 11 is 0. The van der Waals surface area contributed by atoms with Crippen LogP contribution in [-0.4, -0.2) is 0 Å². The van der Waals surface area contributed by atoms with Crippen molar-refractivity contribution in [2.75, 3.05) is 0 Å². The van der Waals surface area contributed by atoms with Crippen LogP contribution in [0.25, 0.3) is 22.3 Å². The number of aryl methyl sites for hydroxylation is 1. The molecule has 2 aromatic carbocycles. The van der Waals surface area contributed by atoms with E-state index in [9.17, 15) is 0 Å². The van der Waals surface area contributed by atoms with Crippen LogP contribution >= 0.6 is 0 Å². The molecule has 0 amide bonds. The first kappa shape index (κ1) is 16.6. The quantitative estimate of drug-likeness (QED) is 0.473. The van der Waals surface area contributed by atoms with Gasteiger partial charge in [0.2, 0.25) is 0 Å². The van der Waals surface area contributed by atoms with Gasteiger partial charge in [0.05, 0.1) is 6.26 Å². The molecular weight excluding hydrogens is 328 g/mol. The van der Waals surface area contributed by atoms with Crippen LogP contribution in [0.5, 0.6) is 0 Å². The Morgan fingerprint density at radius 1 is 1.00 bits per heavy atom. The average Bonchev–Trinajstić information content (AvgIpc) is 3.34. The minimum atomic E-state index is 0.215. The zero-order valence-corrected chi connectivity index (χ0v) is 16.6. The Morgan fingerprint density at radius 2 is 1.78 bits per heavy atom. The van der Waals surface area contributed by atoms with Crippen LogP contribution in [0.3, 0.4) is 0 Å². The van der Waals surface area contributed by atoms with E-state index in [1.54, 1.807) is 11.8 Å². The Bertz CT molecular complexity index is 1050. The van der Waals surface area contributed by atoms with Crippen molar-refractivity contribution in [2.45, 2.75) is 51.9 Å². The van der Waals surface area contributed by atoms with E-state index in [0.717, 1.165) is 5.76 Å². The molecule has 27 heavy (non-hydrogen) atoms. The Hall–Kier alpha value is -2.54. The first-order valence-electron chi connectivity index (χ1n) is 10.00. The van der Waals surface area contributed by atoms with Gasteiger partial charge in [-0.2, -0.15) is 0 Å². The van der Waals surface area contributed by atoms with Gasteiger partial charge >= 0.3 is 0 Å².